The number of rotatable bonds is 2. The lowest BCUT2D eigenvalue weighted by molar-refractivity contribution is 0.426. The van der Waals surface area contributed by atoms with Gasteiger partial charge >= 0.3 is 0 Å². The fourth-order valence-electron chi connectivity index (χ4n) is 0.672. The van der Waals surface area contributed by atoms with Crippen LogP contribution in [0.4, 0.5) is 0 Å². The minimum absolute atomic E-state index is 0.126. The average Bonchev–Trinajstić information content (AvgIpc) is 2.34. The van der Waals surface area contributed by atoms with Gasteiger partial charge in [0.25, 0.3) is 0 Å². The molecular formula is C6H11N3O. The van der Waals surface area contributed by atoms with Crippen molar-refractivity contribution < 1.29 is 5.11 Å². The van der Waals surface area contributed by atoms with E-state index < -0.39 is 0 Å². The molecule has 0 aliphatic rings. The summed E-state index contributed by atoms with van der Waals surface area (Å²) in [6, 6.07) is 0. The number of nitrogens with zero attached hydrogens (tertiary/aromatic N) is 2. The number of aromatic hydroxyl groups is 1. The second-order valence-electron chi connectivity index (χ2n) is 2.14. The SMILES string of the molecule is CNC(C)n1cc(O)cn1. The van der Waals surface area contributed by atoms with E-state index in [1.165, 1.54) is 6.20 Å². The van der Waals surface area contributed by atoms with Gasteiger partial charge in [-0.05, 0) is 14.0 Å². The van der Waals surface area contributed by atoms with Crippen LogP contribution in [0, 0.1) is 0 Å². The predicted octanol–water partition coefficient (Wildman–Crippen LogP) is 0.327. The molecule has 4 heteroatoms. The Morgan fingerprint density at radius 1 is 1.80 bits per heavy atom. The zero-order valence-electron chi connectivity index (χ0n) is 6.07. The zero-order chi connectivity index (χ0) is 7.56. The van der Waals surface area contributed by atoms with Crippen molar-refractivity contribution in [2.75, 3.05) is 7.05 Å². The van der Waals surface area contributed by atoms with Crippen LogP contribution in [0.25, 0.3) is 0 Å². The van der Waals surface area contributed by atoms with E-state index in [0.29, 0.717) is 0 Å². The van der Waals surface area contributed by atoms with Crippen LogP contribution >= 0.6 is 0 Å². The second-order valence-corrected chi connectivity index (χ2v) is 2.14. The molecule has 0 radical (unpaired) electrons. The third-order valence-corrected chi connectivity index (χ3v) is 1.40. The maximum atomic E-state index is 8.89. The van der Waals surface area contributed by atoms with Gasteiger partial charge in [-0.15, -0.1) is 0 Å². The van der Waals surface area contributed by atoms with E-state index in [-0.39, 0.29) is 11.9 Å². The predicted molar refractivity (Wildman–Crippen MR) is 37.7 cm³/mol. The molecular weight excluding hydrogens is 130 g/mol. The molecule has 0 bridgehead atoms. The third-order valence-electron chi connectivity index (χ3n) is 1.40. The number of aromatic nitrogens is 2. The van der Waals surface area contributed by atoms with Crippen LogP contribution in [0.1, 0.15) is 13.1 Å². The molecule has 0 saturated heterocycles. The van der Waals surface area contributed by atoms with Crippen molar-refractivity contribution in [3.05, 3.63) is 12.4 Å². The molecule has 1 aromatic rings. The fraction of sp³-hybridized carbons (Fsp3) is 0.500. The molecule has 4 nitrogen and oxygen atoms in total. The highest BCUT2D eigenvalue weighted by molar-refractivity contribution is 5.08. The lowest BCUT2D eigenvalue weighted by Gasteiger charge is -2.08. The molecule has 1 heterocycles. The highest BCUT2D eigenvalue weighted by atomic mass is 16.3. The fourth-order valence-corrected chi connectivity index (χ4v) is 0.672. The zero-order valence-corrected chi connectivity index (χ0v) is 6.07. The normalized spacial score (nSPS) is 13.4. The summed E-state index contributed by atoms with van der Waals surface area (Å²) in [6.07, 6.45) is 3.11. The van der Waals surface area contributed by atoms with Crippen molar-refractivity contribution in [1.82, 2.24) is 15.1 Å². The molecule has 1 atom stereocenters. The quantitative estimate of drug-likeness (QED) is 0.624. The Labute approximate surface area is 59.5 Å². The smallest absolute Gasteiger partial charge is 0.153 e. The molecule has 0 saturated carbocycles. The van der Waals surface area contributed by atoms with Crippen LogP contribution in [0.2, 0.25) is 0 Å². The summed E-state index contributed by atoms with van der Waals surface area (Å²) in [4.78, 5) is 0. The van der Waals surface area contributed by atoms with Crippen molar-refractivity contribution in [2.24, 2.45) is 0 Å². The van der Waals surface area contributed by atoms with Gasteiger partial charge in [-0.25, -0.2) is 0 Å². The molecule has 56 valence electrons. The van der Waals surface area contributed by atoms with E-state index in [1.54, 1.807) is 10.9 Å². The lowest BCUT2D eigenvalue weighted by Crippen LogP contribution is -2.19. The molecule has 0 aromatic carbocycles. The van der Waals surface area contributed by atoms with Gasteiger partial charge in [-0.2, -0.15) is 5.10 Å². The molecule has 1 unspecified atom stereocenters. The Morgan fingerprint density at radius 3 is 2.90 bits per heavy atom. The number of hydrogen-bond donors (Lipinski definition) is 2. The molecule has 0 aliphatic carbocycles. The topological polar surface area (TPSA) is 50.1 Å². The summed E-state index contributed by atoms with van der Waals surface area (Å²) >= 11 is 0. The largest absolute Gasteiger partial charge is 0.505 e. The first kappa shape index (κ1) is 7.08. The number of hydrogen-bond acceptors (Lipinski definition) is 3. The summed E-state index contributed by atoms with van der Waals surface area (Å²) in [5, 5.41) is 15.8. The molecule has 1 rings (SSSR count). The Bertz CT molecular complexity index is 209. The molecule has 1 aromatic heterocycles. The summed E-state index contributed by atoms with van der Waals surface area (Å²) in [5.74, 6) is 0.196. The van der Waals surface area contributed by atoms with Gasteiger partial charge in [0.2, 0.25) is 0 Å². The van der Waals surface area contributed by atoms with Gasteiger partial charge in [0.05, 0.1) is 18.6 Å². The third kappa shape index (κ3) is 1.27. The van der Waals surface area contributed by atoms with Crippen LogP contribution in [0.15, 0.2) is 12.4 Å². The average molecular weight is 141 g/mol. The molecule has 0 aliphatic heterocycles. The summed E-state index contributed by atoms with van der Waals surface area (Å²) in [7, 11) is 1.84. The lowest BCUT2D eigenvalue weighted by atomic mass is 10.6. The highest BCUT2D eigenvalue weighted by Crippen LogP contribution is 2.07. The van der Waals surface area contributed by atoms with Crippen LogP contribution in [-0.2, 0) is 0 Å². The van der Waals surface area contributed by atoms with Gasteiger partial charge in [-0.1, -0.05) is 0 Å². The minimum Gasteiger partial charge on any atom is -0.505 e. The maximum Gasteiger partial charge on any atom is 0.153 e. The van der Waals surface area contributed by atoms with Crippen molar-refractivity contribution in [3.63, 3.8) is 0 Å². The van der Waals surface area contributed by atoms with Crippen molar-refractivity contribution in [1.29, 1.82) is 0 Å². The van der Waals surface area contributed by atoms with Gasteiger partial charge in [-0.3, -0.25) is 10.00 Å². The van der Waals surface area contributed by atoms with Gasteiger partial charge in [0, 0.05) is 0 Å². The molecule has 0 amide bonds. The Hall–Kier alpha value is -1.03. The van der Waals surface area contributed by atoms with Gasteiger partial charge in [0.1, 0.15) is 0 Å². The molecule has 10 heavy (non-hydrogen) atoms. The van der Waals surface area contributed by atoms with Gasteiger partial charge < -0.3 is 5.11 Å². The van der Waals surface area contributed by atoms with Crippen LogP contribution < -0.4 is 5.32 Å². The summed E-state index contributed by atoms with van der Waals surface area (Å²) in [6.45, 7) is 1.95. The molecule has 0 spiro atoms. The Morgan fingerprint density at radius 2 is 2.50 bits per heavy atom. The van der Waals surface area contributed by atoms with E-state index in [0.717, 1.165) is 0 Å². The van der Waals surface area contributed by atoms with Crippen LogP contribution in [0.3, 0.4) is 0 Å². The van der Waals surface area contributed by atoms with Crippen LogP contribution in [-0.4, -0.2) is 21.9 Å². The van der Waals surface area contributed by atoms with Crippen LogP contribution in [0.5, 0.6) is 5.75 Å². The Kier molecular flexibility index (Phi) is 1.91. The highest BCUT2D eigenvalue weighted by Gasteiger charge is 2.00. The Balaban J connectivity index is 2.74. The standard InChI is InChI=1S/C6H11N3O/c1-5(7-2)9-4-6(10)3-8-9/h3-5,7,10H,1-2H3. The van der Waals surface area contributed by atoms with E-state index >= 15 is 0 Å². The molecule has 2 N–H and O–H groups in total. The maximum absolute atomic E-state index is 8.89. The van der Waals surface area contributed by atoms with Crippen molar-refractivity contribution in [2.45, 2.75) is 13.1 Å². The first-order valence-corrected chi connectivity index (χ1v) is 3.14. The van der Waals surface area contributed by atoms with E-state index in [9.17, 15) is 0 Å². The second kappa shape index (κ2) is 2.70. The molecule has 0 fully saturated rings. The number of nitrogens with one attached hydrogen (secondary N) is 1. The van der Waals surface area contributed by atoms with E-state index in [1.807, 2.05) is 14.0 Å². The minimum atomic E-state index is 0.126. The van der Waals surface area contributed by atoms with Crippen molar-refractivity contribution >= 4 is 0 Å². The monoisotopic (exact) mass is 141 g/mol. The van der Waals surface area contributed by atoms with Crippen molar-refractivity contribution in [3.8, 4) is 5.75 Å². The first-order valence-electron chi connectivity index (χ1n) is 3.14. The summed E-state index contributed by atoms with van der Waals surface area (Å²) < 4.78 is 1.65. The first-order chi connectivity index (χ1) is 4.74. The van der Waals surface area contributed by atoms with E-state index in [4.69, 9.17) is 5.11 Å². The summed E-state index contributed by atoms with van der Waals surface area (Å²) in [5.41, 5.74) is 0. The van der Waals surface area contributed by atoms with Gasteiger partial charge in [0.15, 0.2) is 5.75 Å². The van der Waals surface area contributed by atoms with E-state index in [2.05, 4.69) is 10.4 Å².